The van der Waals surface area contributed by atoms with E-state index in [0.29, 0.717) is 6.54 Å². The molecule has 1 aromatic carbocycles. The lowest BCUT2D eigenvalue weighted by molar-refractivity contribution is -0.122. The third-order valence-corrected chi connectivity index (χ3v) is 6.64. The Labute approximate surface area is 200 Å². The van der Waals surface area contributed by atoms with Crippen molar-refractivity contribution < 1.29 is 4.79 Å². The number of nitrogens with zero attached hydrogens (tertiary/aromatic N) is 5. The van der Waals surface area contributed by atoms with Crippen LogP contribution >= 0.6 is 11.3 Å². The van der Waals surface area contributed by atoms with Gasteiger partial charge >= 0.3 is 0 Å². The molecule has 1 aliphatic rings. The fourth-order valence-corrected chi connectivity index (χ4v) is 4.93. The predicted molar refractivity (Wildman–Crippen MR) is 136 cm³/mol. The molecule has 0 unspecified atom stereocenters. The zero-order valence-electron chi connectivity index (χ0n) is 20.3. The molecule has 0 radical (unpaired) electrons. The van der Waals surface area contributed by atoms with Gasteiger partial charge in [-0.2, -0.15) is 4.52 Å². The summed E-state index contributed by atoms with van der Waals surface area (Å²) in [5, 5.41) is 12.5. The fraction of sp³-hybridized carbons (Fsp3) is 0.542. The molecule has 0 aliphatic carbocycles. The van der Waals surface area contributed by atoms with Crippen LogP contribution in [-0.2, 0) is 4.79 Å². The maximum atomic E-state index is 12.0. The molecule has 178 valence electrons. The number of benzene rings is 1. The summed E-state index contributed by atoms with van der Waals surface area (Å²) in [5.41, 5.74) is 3.13. The number of carbonyl (C=O) groups excluding carboxylic acids is 1. The highest BCUT2D eigenvalue weighted by Gasteiger charge is 2.26. The topological polar surface area (TPSA) is 77.8 Å². The number of aromatic nitrogens is 3. The van der Waals surface area contributed by atoms with Crippen LogP contribution in [0.25, 0.3) is 16.2 Å². The maximum absolute atomic E-state index is 12.0. The van der Waals surface area contributed by atoms with Crippen molar-refractivity contribution in [2.45, 2.75) is 46.6 Å². The van der Waals surface area contributed by atoms with E-state index in [1.54, 1.807) is 11.3 Å². The quantitative estimate of drug-likeness (QED) is 0.550. The summed E-state index contributed by atoms with van der Waals surface area (Å²) in [6.07, 6.45) is 0.961. The number of amides is 1. The monoisotopic (exact) mass is 469 g/mol. The molecule has 1 fully saturated rings. The van der Waals surface area contributed by atoms with Gasteiger partial charge in [0.05, 0.1) is 6.54 Å². The highest BCUT2D eigenvalue weighted by molar-refractivity contribution is 7.20. The highest BCUT2D eigenvalue weighted by Crippen LogP contribution is 2.36. The van der Waals surface area contributed by atoms with E-state index in [1.165, 1.54) is 5.56 Å². The second-order valence-corrected chi connectivity index (χ2v) is 10.6. The molecule has 33 heavy (non-hydrogen) atoms. The average Bonchev–Trinajstić information content (AvgIpc) is 3.31. The van der Waals surface area contributed by atoms with Crippen LogP contribution < -0.4 is 15.5 Å². The lowest BCUT2D eigenvalue weighted by Crippen LogP contribution is -2.49. The van der Waals surface area contributed by atoms with Gasteiger partial charge in [0.25, 0.3) is 0 Å². The lowest BCUT2D eigenvalue weighted by Gasteiger charge is -2.33. The number of anilines is 2. The molecule has 4 rings (SSSR count). The smallest absolute Gasteiger partial charge is 0.234 e. The highest BCUT2D eigenvalue weighted by atomic mass is 32.1. The first-order valence-corrected chi connectivity index (χ1v) is 12.5. The Bertz CT molecular complexity index is 1110. The molecule has 0 spiro atoms. The van der Waals surface area contributed by atoms with Gasteiger partial charge in [0.2, 0.25) is 16.0 Å². The van der Waals surface area contributed by atoms with Crippen molar-refractivity contribution >= 4 is 33.2 Å². The van der Waals surface area contributed by atoms with Crippen molar-refractivity contribution in [1.82, 2.24) is 24.8 Å². The van der Waals surface area contributed by atoms with E-state index in [0.717, 1.165) is 66.3 Å². The molecular weight excluding hydrogens is 434 g/mol. The minimum absolute atomic E-state index is 0.111. The molecule has 0 atom stereocenters. The largest absolute Gasteiger partial charge is 0.364 e. The minimum atomic E-state index is -0.124. The van der Waals surface area contributed by atoms with Crippen molar-refractivity contribution in [2.75, 3.05) is 49.5 Å². The molecule has 2 aromatic heterocycles. The van der Waals surface area contributed by atoms with Gasteiger partial charge in [0.1, 0.15) is 5.69 Å². The molecule has 1 saturated heterocycles. The predicted octanol–water partition coefficient (Wildman–Crippen LogP) is 3.62. The van der Waals surface area contributed by atoms with Crippen LogP contribution in [0.15, 0.2) is 24.3 Å². The van der Waals surface area contributed by atoms with Crippen LogP contribution in [0.4, 0.5) is 10.9 Å². The number of hydrogen-bond acceptors (Lipinski definition) is 7. The maximum Gasteiger partial charge on any atom is 0.234 e. The summed E-state index contributed by atoms with van der Waals surface area (Å²) >= 11 is 1.62. The molecule has 3 heterocycles. The summed E-state index contributed by atoms with van der Waals surface area (Å²) in [7, 11) is 0. The zero-order valence-corrected chi connectivity index (χ0v) is 21.1. The third-order valence-electron chi connectivity index (χ3n) is 5.67. The summed E-state index contributed by atoms with van der Waals surface area (Å²) in [5.74, 6) is 1.04. The summed E-state index contributed by atoms with van der Waals surface area (Å²) in [4.78, 5) is 22.4. The van der Waals surface area contributed by atoms with Gasteiger partial charge in [0.15, 0.2) is 5.82 Å². The van der Waals surface area contributed by atoms with Gasteiger partial charge in [0, 0.05) is 43.8 Å². The van der Waals surface area contributed by atoms with Crippen LogP contribution in [-0.4, -0.2) is 70.2 Å². The number of carbonyl (C=O) groups is 1. The molecule has 1 aliphatic heterocycles. The van der Waals surface area contributed by atoms with Crippen LogP contribution in [0.5, 0.6) is 0 Å². The number of piperazine rings is 1. The number of fused-ring (bicyclic) bond motifs is 1. The van der Waals surface area contributed by atoms with Crippen molar-refractivity contribution in [2.24, 2.45) is 0 Å². The number of nitrogens with one attached hydrogen (secondary N) is 2. The Kier molecular flexibility index (Phi) is 6.90. The zero-order chi connectivity index (χ0) is 23.6. The first kappa shape index (κ1) is 23.5. The standard InChI is InChI=1S/C24H35N7OS/c1-6-11-25-19(32)16-29-12-14-30(15-13-29)23-28-31-21(27-24(3,4)5)20(26-22(31)33-23)18-10-8-7-9-17(18)2/h7-10,27H,6,11-16H2,1-5H3,(H,25,32). The van der Waals surface area contributed by atoms with Crippen molar-refractivity contribution in [3.05, 3.63) is 29.8 Å². The molecule has 3 aromatic rings. The van der Waals surface area contributed by atoms with Gasteiger partial charge in [-0.3, -0.25) is 9.69 Å². The molecule has 2 N–H and O–H groups in total. The lowest BCUT2D eigenvalue weighted by atomic mass is 10.0. The summed E-state index contributed by atoms with van der Waals surface area (Å²) in [6, 6.07) is 8.34. The van der Waals surface area contributed by atoms with Crippen molar-refractivity contribution in [3.8, 4) is 11.3 Å². The van der Waals surface area contributed by atoms with Crippen molar-refractivity contribution in [1.29, 1.82) is 0 Å². The van der Waals surface area contributed by atoms with Gasteiger partial charge in [-0.1, -0.05) is 42.5 Å². The Balaban J connectivity index is 1.54. The van der Waals surface area contributed by atoms with Gasteiger partial charge in [-0.05, 0) is 39.7 Å². The number of rotatable bonds is 7. The van der Waals surface area contributed by atoms with E-state index in [2.05, 4.69) is 79.3 Å². The second kappa shape index (κ2) is 9.69. The van der Waals surface area contributed by atoms with Crippen LogP contribution in [0.1, 0.15) is 39.7 Å². The van der Waals surface area contributed by atoms with Crippen LogP contribution in [0, 0.1) is 6.92 Å². The van der Waals surface area contributed by atoms with Crippen LogP contribution in [0.3, 0.4) is 0 Å². The normalized spacial score (nSPS) is 15.2. The minimum Gasteiger partial charge on any atom is -0.364 e. The molecule has 9 heteroatoms. The molecule has 1 amide bonds. The second-order valence-electron chi connectivity index (χ2n) is 9.69. The number of imidazole rings is 1. The van der Waals surface area contributed by atoms with E-state index >= 15 is 0 Å². The van der Waals surface area contributed by atoms with Crippen LogP contribution in [0.2, 0.25) is 0 Å². The Morgan fingerprint density at radius 3 is 2.55 bits per heavy atom. The van der Waals surface area contributed by atoms with Crippen molar-refractivity contribution in [3.63, 3.8) is 0 Å². The molecule has 8 nitrogen and oxygen atoms in total. The Morgan fingerprint density at radius 2 is 1.88 bits per heavy atom. The van der Waals surface area contributed by atoms with Gasteiger partial charge in [-0.25, -0.2) is 4.98 Å². The first-order chi connectivity index (χ1) is 15.7. The summed E-state index contributed by atoms with van der Waals surface area (Å²) < 4.78 is 1.96. The molecular formula is C24H35N7OS. The SMILES string of the molecule is CCCNC(=O)CN1CCN(c2nn3c(NC(C)(C)C)c(-c4ccccc4C)nc3s2)CC1. The van der Waals surface area contributed by atoms with E-state index in [1.807, 2.05) is 4.52 Å². The van der Waals surface area contributed by atoms with E-state index in [-0.39, 0.29) is 11.4 Å². The average molecular weight is 470 g/mol. The third kappa shape index (κ3) is 5.47. The number of aryl methyl sites for hydroxylation is 1. The van der Waals surface area contributed by atoms with Gasteiger partial charge in [-0.15, -0.1) is 5.10 Å². The van der Waals surface area contributed by atoms with E-state index in [4.69, 9.17) is 10.1 Å². The summed E-state index contributed by atoms with van der Waals surface area (Å²) in [6.45, 7) is 15.2. The fourth-order valence-electron chi connectivity index (χ4n) is 3.98. The number of hydrogen-bond donors (Lipinski definition) is 2. The Morgan fingerprint density at radius 1 is 1.15 bits per heavy atom. The van der Waals surface area contributed by atoms with Gasteiger partial charge < -0.3 is 15.5 Å². The molecule has 0 saturated carbocycles. The molecule has 0 bridgehead atoms. The van der Waals surface area contributed by atoms with E-state index in [9.17, 15) is 4.79 Å². The first-order valence-electron chi connectivity index (χ1n) is 11.7. The Hall–Kier alpha value is -2.65. The van der Waals surface area contributed by atoms with E-state index < -0.39 is 0 Å².